The van der Waals surface area contributed by atoms with Gasteiger partial charge in [-0.1, -0.05) is 19.0 Å². The van der Waals surface area contributed by atoms with Crippen molar-refractivity contribution in [2.24, 2.45) is 11.7 Å². The van der Waals surface area contributed by atoms with Crippen LogP contribution in [0, 0.1) is 5.92 Å². The van der Waals surface area contributed by atoms with Crippen LogP contribution >= 0.6 is 0 Å². The van der Waals surface area contributed by atoms with E-state index in [9.17, 15) is 5.11 Å². The van der Waals surface area contributed by atoms with Crippen LogP contribution in [0.3, 0.4) is 0 Å². The third-order valence-corrected chi connectivity index (χ3v) is 2.88. The summed E-state index contributed by atoms with van der Waals surface area (Å²) < 4.78 is 10.2. The van der Waals surface area contributed by atoms with Gasteiger partial charge in [0.1, 0.15) is 0 Å². The van der Waals surface area contributed by atoms with Gasteiger partial charge < -0.3 is 20.1 Å². The number of nitrogens with two attached hydrogens (primary N) is 1. The van der Waals surface area contributed by atoms with Gasteiger partial charge >= 0.3 is 0 Å². The Bertz CT molecular complexity index is 566. The van der Waals surface area contributed by atoms with Crippen LogP contribution in [0.25, 0.3) is 11.4 Å². The smallest absolute Gasteiger partial charge is 0.244 e. The Kier molecular flexibility index (Phi) is 3.71. The molecule has 0 bridgehead atoms. The molecule has 2 rings (SSSR count). The van der Waals surface area contributed by atoms with Crippen LogP contribution in [0.5, 0.6) is 11.5 Å². The van der Waals surface area contributed by atoms with Gasteiger partial charge in [0.15, 0.2) is 11.5 Å². The average Bonchev–Trinajstić information content (AvgIpc) is 2.87. The van der Waals surface area contributed by atoms with Crippen molar-refractivity contribution in [3.8, 4) is 22.9 Å². The van der Waals surface area contributed by atoms with Crippen LogP contribution in [0.2, 0.25) is 0 Å². The quantitative estimate of drug-likeness (QED) is 0.877. The molecule has 0 saturated carbocycles. The van der Waals surface area contributed by atoms with E-state index in [0.29, 0.717) is 23.0 Å². The molecule has 0 amide bonds. The van der Waals surface area contributed by atoms with Crippen molar-refractivity contribution in [1.29, 1.82) is 0 Å². The zero-order chi connectivity index (χ0) is 14.0. The van der Waals surface area contributed by atoms with Crippen molar-refractivity contribution >= 4 is 0 Å². The fraction of sp³-hybridized carbons (Fsp3) is 0.385. The summed E-state index contributed by atoms with van der Waals surface area (Å²) in [7, 11) is 1.48. The first-order valence-corrected chi connectivity index (χ1v) is 5.99. The molecular formula is C13H17N3O3. The molecule has 102 valence electrons. The van der Waals surface area contributed by atoms with Crippen molar-refractivity contribution in [3.05, 3.63) is 24.1 Å². The molecule has 0 saturated heterocycles. The first-order valence-electron chi connectivity index (χ1n) is 5.99. The van der Waals surface area contributed by atoms with Gasteiger partial charge in [0.05, 0.1) is 13.2 Å². The Balaban J connectivity index is 2.32. The highest BCUT2D eigenvalue weighted by atomic mass is 16.5. The maximum absolute atomic E-state index is 9.54. The number of phenolic OH excluding ortho intramolecular Hbond substituents is 1. The van der Waals surface area contributed by atoms with Crippen molar-refractivity contribution in [2.45, 2.75) is 19.9 Å². The molecule has 1 aromatic carbocycles. The number of ether oxygens (including phenoxy) is 1. The second-order valence-electron chi connectivity index (χ2n) is 4.61. The van der Waals surface area contributed by atoms with Gasteiger partial charge in [-0.05, 0) is 24.1 Å². The lowest BCUT2D eigenvalue weighted by Gasteiger charge is -2.09. The van der Waals surface area contributed by atoms with E-state index < -0.39 is 0 Å². The number of hydrogen-bond donors (Lipinski definition) is 2. The lowest BCUT2D eigenvalue weighted by Crippen LogP contribution is -2.16. The number of aromatic nitrogens is 2. The van der Waals surface area contributed by atoms with Crippen molar-refractivity contribution in [1.82, 2.24) is 10.1 Å². The monoisotopic (exact) mass is 263 g/mol. The third kappa shape index (κ3) is 2.68. The second-order valence-corrected chi connectivity index (χ2v) is 4.61. The largest absolute Gasteiger partial charge is 0.504 e. The van der Waals surface area contributed by atoms with Crippen molar-refractivity contribution in [3.63, 3.8) is 0 Å². The molecule has 1 atom stereocenters. The van der Waals surface area contributed by atoms with Crippen LogP contribution in [0.15, 0.2) is 22.7 Å². The maximum Gasteiger partial charge on any atom is 0.244 e. The topological polar surface area (TPSA) is 94.4 Å². The van der Waals surface area contributed by atoms with Crippen LogP contribution in [0.4, 0.5) is 0 Å². The summed E-state index contributed by atoms with van der Waals surface area (Å²) in [6.07, 6.45) is 0. The first-order chi connectivity index (χ1) is 9.02. The average molecular weight is 263 g/mol. The molecule has 6 nitrogen and oxygen atoms in total. The normalized spacial score (nSPS) is 12.7. The summed E-state index contributed by atoms with van der Waals surface area (Å²) in [4.78, 5) is 4.27. The van der Waals surface area contributed by atoms with Crippen LogP contribution in [-0.2, 0) is 0 Å². The molecule has 19 heavy (non-hydrogen) atoms. The van der Waals surface area contributed by atoms with Crippen LogP contribution in [0.1, 0.15) is 25.8 Å². The van der Waals surface area contributed by atoms with Gasteiger partial charge in [-0.3, -0.25) is 0 Å². The van der Waals surface area contributed by atoms with Crippen LogP contribution < -0.4 is 10.5 Å². The number of benzene rings is 1. The van der Waals surface area contributed by atoms with E-state index >= 15 is 0 Å². The number of methoxy groups -OCH3 is 1. The minimum absolute atomic E-state index is 0.0638. The molecule has 3 N–H and O–H groups in total. The Morgan fingerprint density at radius 3 is 2.74 bits per heavy atom. The Morgan fingerprint density at radius 1 is 1.37 bits per heavy atom. The summed E-state index contributed by atoms with van der Waals surface area (Å²) >= 11 is 0. The molecule has 0 aliphatic carbocycles. The molecule has 0 aliphatic rings. The van der Waals surface area contributed by atoms with E-state index in [4.69, 9.17) is 15.0 Å². The molecule has 0 spiro atoms. The number of hydrogen-bond acceptors (Lipinski definition) is 6. The van der Waals surface area contributed by atoms with Gasteiger partial charge in [0.25, 0.3) is 0 Å². The molecule has 1 heterocycles. The predicted octanol–water partition coefficient (Wildman–Crippen LogP) is 2.11. The van der Waals surface area contributed by atoms with E-state index in [2.05, 4.69) is 10.1 Å². The zero-order valence-electron chi connectivity index (χ0n) is 11.1. The molecule has 2 aromatic rings. The van der Waals surface area contributed by atoms with Gasteiger partial charge in [-0.25, -0.2) is 0 Å². The second kappa shape index (κ2) is 5.27. The molecule has 6 heteroatoms. The number of rotatable bonds is 4. The van der Waals surface area contributed by atoms with Gasteiger partial charge in [-0.2, -0.15) is 4.98 Å². The molecule has 0 aliphatic heterocycles. The summed E-state index contributed by atoms with van der Waals surface area (Å²) in [6, 6.07) is 4.56. The highest BCUT2D eigenvalue weighted by Crippen LogP contribution is 2.30. The van der Waals surface area contributed by atoms with E-state index in [-0.39, 0.29) is 17.7 Å². The number of phenols is 1. The van der Waals surface area contributed by atoms with Crippen LogP contribution in [-0.4, -0.2) is 22.4 Å². The minimum atomic E-state index is -0.291. The van der Waals surface area contributed by atoms with Crippen molar-refractivity contribution in [2.75, 3.05) is 7.11 Å². The zero-order valence-corrected chi connectivity index (χ0v) is 11.1. The van der Waals surface area contributed by atoms with E-state index in [0.717, 1.165) is 0 Å². The van der Waals surface area contributed by atoms with E-state index in [1.165, 1.54) is 13.2 Å². The molecule has 0 fully saturated rings. The van der Waals surface area contributed by atoms with Crippen molar-refractivity contribution < 1.29 is 14.4 Å². The summed E-state index contributed by atoms with van der Waals surface area (Å²) in [5.41, 5.74) is 6.64. The summed E-state index contributed by atoms with van der Waals surface area (Å²) in [5.74, 6) is 1.45. The highest BCUT2D eigenvalue weighted by molar-refractivity contribution is 5.60. The van der Waals surface area contributed by atoms with E-state index in [1.807, 2.05) is 13.8 Å². The number of aromatic hydroxyl groups is 1. The molecule has 0 unspecified atom stereocenters. The SMILES string of the molecule is COc1cc(-c2noc([C@@H](N)C(C)C)n2)ccc1O. The van der Waals surface area contributed by atoms with E-state index in [1.54, 1.807) is 12.1 Å². The molecular weight excluding hydrogens is 246 g/mol. The highest BCUT2D eigenvalue weighted by Gasteiger charge is 2.19. The standard InChI is InChI=1S/C13H17N3O3/c1-7(2)11(14)13-15-12(16-19-13)8-4-5-9(17)10(6-8)18-3/h4-7,11,17H,14H2,1-3H3/t11-/m0/s1. The molecule has 0 radical (unpaired) electrons. The summed E-state index contributed by atoms with van der Waals surface area (Å²) in [5, 5.41) is 13.4. The minimum Gasteiger partial charge on any atom is -0.504 e. The Morgan fingerprint density at radius 2 is 2.11 bits per heavy atom. The third-order valence-electron chi connectivity index (χ3n) is 2.88. The Labute approximate surface area is 111 Å². The van der Waals surface area contributed by atoms with Gasteiger partial charge in [0.2, 0.25) is 11.7 Å². The van der Waals surface area contributed by atoms with Gasteiger partial charge in [-0.15, -0.1) is 0 Å². The fourth-order valence-electron chi connectivity index (χ4n) is 1.59. The first kappa shape index (κ1) is 13.4. The fourth-order valence-corrected chi connectivity index (χ4v) is 1.59. The number of nitrogens with zero attached hydrogens (tertiary/aromatic N) is 2. The lowest BCUT2D eigenvalue weighted by molar-refractivity contribution is 0.325. The van der Waals surface area contributed by atoms with Gasteiger partial charge in [0, 0.05) is 5.56 Å². The molecule has 1 aromatic heterocycles. The Hall–Kier alpha value is -2.08. The predicted molar refractivity (Wildman–Crippen MR) is 69.7 cm³/mol. The lowest BCUT2D eigenvalue weighted by atomic mass is 10.1. The maximum atomic E-state index is 9.54. The summed E-state index contributed by atoms with van der Waals surface area (Å²) in [6.45, 7) is 3.97.